The van der Waals surface area contributed by atoms with Crippen molar-refractivity contribution in [3.05, 3.63) is 33.3 Å². The highest BCUT2D eigenvalue weighted by Gasteiger charge is 2.13. The lowest BCUT2D eigenvalue weighted by atomic mass is 10.4. The third-order valence-corrected chi connectivity index (χ3v) is 1.18. The monoisotopic (exact) mass is 155 g/mol. The summed E-state index contributed by atoms with van der Waals surface area (Å²) in [5, 5.41) is 23.9. The molecule has 6 nitrogen and oxygen atoms in total. The number of nitro groups is 1. The van der Waals surface area contributed by atoms with Crippen molar-refractivity contribution < 1.29 is 9.77 Å². The third kappa shape index (κ3) is 1.40. The van der Waals surface area contributed by atoms with E-state index in [1.54, 1.807) is 0 Å². The fourth-order valence-corrected chi connectivity index (χ4v) is 0.680. The fourth-order valence-electron chi connectivity index (χ4n) is 0.680. The lowest BCUT2D eigenvalue weighted by molar-refractivity contribution is -0.670. The summed E-state index contributed by atoms with van der Waals surface area (Å²) in [6.45, 7) is 1.41. The van der Waals surface area contributed by atoms with Crippen molar-refractivity contribution in [2.45, 2.75) is 6.92 Å². The first-order valence-corrected chi connectivity index (χ1v) is 2.83. The van der Waals surface area contributed by atoms with Crippen LogP contribution < -0.4 is 4.85 Å². The summed E-state index contributed by atoms with van der Waals surface area (Å²) in [7, 11) is 0. The Morgan fingerprint density at radius 1 is 1.73 bits per heavy atom. The van der Waals surface area contributed by atoms with Gasteiger partial charge in [-0.2, -0.15) is 0 Å². The summed E-state index contributed by atoms with van der Waals surface area (Å²) < 4.78 is 0. The summed E-state index contributed by atoms with van der Waals surface area (Å²) in [5.74, 6) is 0. The second kappa shape index (κ2) is 2.49. The van der Waals surface area contributed by atoms with E-state index in [4.69, 9.17) is 0 Å². The van der Waals surface area contributed by atoms with Crippen molar-refractivity contribution >= 4 is 5.69 Å². The summed E-state index contributed by atoms with van der Waals surface area (Å²) >= 11 is 0. The SMILES string of the molecule is Cc1n[n+]([O-])ccc1[N+](=O)[O-]. The predicted octanol–water partition coefficient (Wildman–Crippen LogP) is -0.0684. The van der Waals surface area contributed by atoms with Crippen LogP contribution in [0.3, 0.4) is 0 Å². The Morgan fingerprint density at radius 2 is 2.36 bits per heavy atom. The van der Waals surface area contributed by atoms with Gasteiger partial charge in [0, 0.05) is 5.10 Å². The first-order chi connectivity index (χ1) is 5.11. The maximum Gasteiger partial charge on any atom is 0.302 e. The van der Waals surface area contributed by atoms with E-state index in [1.165, 1.54) is 6.92 Å². The van der Waals surface area contributed by atoms with Gasteiger partial charge in [0.25, 0.3) is 0 Å². The van der Waals surface area contributed by atoms with Gasteiger partial charge in [0.05, 0.1) is 11.0 Å². The van der Waals surface area contributed by atoms with Gasteiger partial charge in [0.1, 0.15) is 0 Å². The summed E-state index contributed by atoms with van der Waals surface area (Å²) in [5.41, 5.74) is -0.0235. The predicted molar refractivity (Wildman–Crippen MR) is 34.6 cm³/mol. The van der Waals surface area contributed by atoms with Gasteiger partial charge in [-0.1, -0.05) is 4.85 Å². The number of aryl methyl sites for hydroxylation is 1. The van der Waals surface area contributed by atoms with Gasteiger partial charge < -0.3 is 5.21 Å². The Balaban J connectivity index is 3.20. The second-order valence-corrected chi connectivity index (χ2v) is 1.95. The van der Waals surface area contributed by atoms with Crippen LogP contribution in [0.25, 0.3) is 0 Å². The van der Waals surface area contributed by atoms with Crippen molar-refractivity contribution in [2.24, 2.45) is 0 Å². The lowest BCUT2D eigenvalue weighted by Crippen LogP contribution is -2.31. The molecule has 1 rings (SSSR count). The zero-order chi connectivity index (χ0) is 8.43. The maximum absolute atomic E-state index is 10.4. The fraction of sp³-hybridized carbons (Fsp3) is 0.200. The highest BCUT2D eigenvalue weighted by molar-refractivity contribution is 5.30. The molecule has 1 aromatic heterocycles. The Bertz CT molecular complexity index is 299. The summed E-state index contributed by atoms with van der Waals surface area (Å²) in [6.07, 6.45) is 0.991. The number of rotatable bonds is 1. The van der Waals surface area contributed by atoms with Gasteiger partial charge in [-0.25, -0.2) is 0 Å². The molecule has 0 aliphatic rings. The Hall–Kier alpha value is -1.72. The number of aromatic nitrogens is 2. The van der Waals surface area contributed by atoms with Crippen molar-refractivity contribution in [2.75, 3.05) is 0 Å². The van der Waals surface area contributed by atoms with Crippen LogP contribution in [0.5, 0.6) is 0 Å². The molecule has 0 saturated heterocycles. The zero-order valence-corrected chi connectivity index (χ0v) is 5.72. The first kappa shape index (κ1) is 7.39. The van der Waals surface area contributed by atoms with Crippen molar-refractivity contribution in [3.8, 4) is 0 Å². The highest BCUT2D eigenvalue weighted by atomic mass is 16.6. The van der Waals surface area contributed by atoms with E-state index in [1.807, 2.05) is 0 Å². The molecule has 6 heteroatoms. The van der Waals surface area contributed by atoms with Crippen LogP contribution in [0.1, 0.15) is 5.69 Å². The van der Waals surface area contributed by atoms with Crippen LogP contribution in [0, 0.1) is 22.2 Å². The molecular formula is C5H5N3O3. The molecule has 0 bridgehead atoms. The van der Waals surface area contributed by atoms with Gasteiger partial charge in [-0.15, -0.1) is 0 Å². The molecule has 1 heterocycles. The quantitative estimate of drug-likeness (QED) is 0.246. The van der Waals surface area contributed by atoms with E-state index in [-0.39, 0.29) is 16.2 Å². The average Bonchev–Trinajstić information content (AvgIpc) is 1.85. The van der Waals surface area contributed by atoms with Gasteiger partial charge in [0.2, 0.25) is 6.20 Å². The Morgan fingerprint density at radius 3 is 2.82 bits per heavy atom. The van der Waals surface area contributed by atoms with Gasteiger partial charge in [-0.05, 0) is 6.92 Å². The van der Waals surface area contributed by atoms with Gasteiger partial charge in [0.15, 0.2) is 5.69 Å². The molecule has 58 valence electrons. The molecule has 0 aliphatic carbocycles. The molecule has 0 fully saturated rings. The standard InChI is InChI=1S/C5H5N3O3/c1-4-5(8(10)11)2-3-7(9)6-4/h2-3H,1H3. The number of hydrogen-bond donors (Lipinski definition) is 0. The van der Waals surface area contributed by atoms with Crippen LogP contribution in [0.15, 0.2) is 12.3 Å². The smallest absolute Gasteiger partial charge is 0.302 e. The highest BCUT2D eigenvalue weighted by Crippen LogP contribution is 2.10. The summed E-state index contributed by atoms with van der Waals surface area (Å²) in [6, 6.07) is 1.12. The van der Waals surface area contributed by atoms with Crippen molar-refractivity contribution in [1.29, 1.82) is 0 Å². The average molecular weight is 155 g/mol. The topological polar surface area (TPSA) is 83.0 Å². The Labute approximate surface area is 61.8 Å². The Kier molecular flexibility index (Phi) is 1.67. The van der Waals surface area contributed by atoms with Crippen molar-refractivity contribution in [3.63, 3.8) is 0 Å². The van der Waals surface area contributed by atoms with Crippen LogP contribution in [-0.2, 0) is 0 Å². The van der Waals surface area contributed by atoms with E-state index in [9.17, 15) is 15.3 Å². The minimum atomic E-state index is -0.581. The number of nitrogens with zero attached hydrogens (tertiary/aromatic N) is 3. The molecule has 0 aliphatic heterocycles. The normalized spacial score (nSPS) is 9.55. The van der Waals surface area contributed by atoms with E-state index in [2.05, 4.69) is 5.10 Å². The molecule has 0 radical (unpaired) electrons. The van der Waals surface area contributed by atoms with Crippen LogP contribution >= 0.6 is 0 Å². The second-order valence-electron chi connectivity index (χ2n) is 1.95. The van der Waals surface area contributed by atoms with Crippen LogP contribution in [-0.4, -0.2) is 10.0 Å². The molecule has 0 aromatic carbocycles. The molecule has 0 amide bonds. The largest absolute Gasteiger partial charge is 0.594 e. The van der Waals surface area contributed by atoms with Gasteiger partial charge >= 0.3 is 5.69 Å². The van der Waals surface area contributed by atoms with E-state index in [0.29, 0.717) is 0 Å². The van der Waals surface area contributed by atoms with Crippen molar-refractivity contribution in [1.82, 2.24) is 5.10 Å². The number of hydrogen-bond acceptors (Lipinski definition) is 4. The molecule has 11 heavy (non-hydrogen) atoms. The maximum atomic E-state index is 10.4. The lowest BCUT2D eigenvalue weighted by Gasteiger charge is -1.93. The third-order valence-electron chi connectivity index (χ3n) is 1.18. The summed E-state index contributed by atoms with van der Waals surface area (Å²) in [4.78, 5) is 9.89. The molecule has 0 atom stereocenters. The minimum absolute atomic E-state index is 0.118. The van der Waals surface area contributed by atoms with Gasteiger partial charge in [-0.3, -0.25) is 10.1 Å². The van der Waals surface area contributed by atoms with E-state index >= 15 is 0 Å². The minimum Gasteiger partial charge on any atom is -0.594 e. The van der Waals surface area contributed by atoms with Crippen LogP contribution in [0.2, 0.25) is 0 Å². The molecule has 0 spiro atoms. The molecule has 1 aromatic rings. The molecule has 0 N–H and O–H groups in total. The van der Waals surface area contributed by atoms with E-state index < -0.39 is 4.92 Å². The first-order valence-electron chi connectivity index (χ1n) is 2.83. The van der Waals surface area contributed by atoms with Crippen LogP contribution in [0.4, 0.5) is 5.69 Å². The zero-order valence-electron chi connectivity index (χ0n) is 5.72. The molecule has 0 saturated carbocycles. The molecular weight excluding hydrogens is 150 g/mol. The molecule has 0 unspecified atom stereocenters. The van der Waals surface area contributed by atoms with E-state index in [0.717, 1.165) is 12.3 Å².